The minimum atomic E-state index is -3.96. The van der Waals surface area contributed by atoms with E-state index in [-0.39, 0.29) is 36.9 Å². The van der Waals surface area contributed by atoms with Crippen LogP contribution < -0.4 is 24.8 Å². The van der Waals surface area contributed by atoms with Crippen molar-refractivity contribution >= 4 is 21.8 Å². The van der Waals surface area contributed by atoms with Crippen LogP contribution in [0.25, 0.3) is 0 Å². The number of amides is 2. The summed E-state index contributed by atoms with van der Waals surface area (Å²) in [6, 6.07) is 11.3. The van der Waals surface area contributed by atoms with Crippen molar-refractivity contribution in [1.82, 2.24) is 14.9 Å². The SMILES string of the molecule is COc1ccccc1CNC(=O)C(=O)NCC1OCCN1S(=O)(=O)c1ccc(OC)c(OC)c1. The average Bonchev–Trinajstić information content (AvgIpc) is 3.35. The average molecular weight is 494 g/mol. The molecule has 2 amide bonds. The number of hydrogen-bond donors (Lipinski definition) is 2. The molecule has 12 heteroatoms. The molecule has 0 spiro atoms. The number of rotatable bonds is 9. The number of sulfonamides is 1. The van der Waals surface area contributed by atoms with Gasteiger partial charge in [0.15, 0.2) is 11.5 Å². The monoisotopic (exact) mass is 493 g/mol. The van der Waals surface area contributed by atoms with E-state index in [0.717, 1.165) is 4.31 Å². The third kappa shape index (κ3) is 5.58. The third-order valence-electron chi connectivity index (χ3n) is 5.18. The maximum absolute atomic E-state index is 13.2. The van der Waals surface area contributed by atoms with Crippen molar-refractivity contribution in [3.05, 3.63) is 48.0 Å². The summed E-state index contributed by atoms with van der Waals surface area (Å²) in [5.74, 6) is -0.534. The summed E-state index contributed by atoms with van der Waals surface area (Å²) in [5, 5.41) is 4.94. The molecule has 0 radical (unpaired) electrons. The minimum Gasteiger partial charge on any atom is -0.496 e. The predicted molar refractivity (Wildman–Crippen MR) is 121 cm³/mol. The van der Waals surface area contributed by atoms with E-state index in [2.05, 4.69) is 10.6 Å². The van der Waals surface area contributed by atoms with Gasteiger partial charge in [0.2, 0.25) is 10.0 Å². The van der Waals surface area contributed by atoms with E-state index in [4.69, 9.17) is 18.9 Å². The molecular weight excluding hydrogens is 466 g/mol. The molecule has 1 saturated heterocycles. The molecule has 2 N–H and O–H groups in total. The van der Waals surface area contributed by atoms with Gasteiger partial charge in [-0.15, -0.1) is 0 Å². The number of carbonyl (C=O) groups is 2. The van der Waals surface area contributed by atoms with E-state index < -0.39 is 28.1 Å². The van der Waals surface area contributed by atoms with Crippen LogP contribution in [-0.2, 0) is 30.9 Å². The van der Waals surface area contributed by atoms with Gasteiger partial charge >= 0.3 is 11.8 Å². The van der Waals surface area contributed by atoms with Gasteiger partial charge < -0.3 is 29.6 Å². The molecule has 1 atom stereocenters. The van der Waals surface area contributed by atoms with Gasteiger partial charge in [0.05, 0.1) is 39.4 Å². The summed E-state index contributed by atoms with van der Waals surface area (Å²) in [5.41, 5.74) is 0.706. The molecule has 11 nitrogen and oxygen atoms in total. The lowest BCUT2D eigenvalue weighted by molar-refractivity contribution is -0.139. The van der Waals surface area contributed by atoms with Crippen molar-refractivity contribution in [1.29, 1.82) is 0 Å². The number of hydrogen-bond acceptors (Lipinski definition) is 8. The molecule has 2 aromatic carbocycles. The Morgan fingerprint density at radius 1 is 0.971 bits per heavy atom. The van der Waals surface area contributed by atoms with Crippen LogP contribution in [0.2, 0.25) is 0 Å². The highest BCUT2D eigenvalue weighted by Crippen LogP contribution is 2.31. The summed E-state index contributed by atoms with van der Waals surface area (Å²) in [6.07, 6.45) is -0.968. The van der Waals surface area contributed by atoms with E-state index in [0.29, 0.717) is 17.1 Å². The highest BCUT2D eigenvalue weighted by molar-refractivity contribution is 7.89. The molecule has 3 rings (SSSR count). The van der Waals surface area contributed by atoms with Crippen molar-refractivity contribution in [3.63, 3.8) is 0 Å². The van der Waals surface area contributed by atoms with Crippen LogP contribution in [0.3, 0.4) is 0 Å². The van der Waals surface area contributed by atoms with Gasteiger partial charge in [-0.3, -0.25) is 9.59 Å². The first-order valence-electron chi connectivity index (χ1n) is 10.3. The van der Waals surface area contributed by atoms with Gasteiger partial charge in [0, 0.05) is 24.7 Å². The Balaban J connectivity index is 1.61. The summed E-state index contributed by atoms with van der Waals surface area (Å²) < 4.78 is 48.5. The highest BCUT2D eigenvalue weighted by Gasteiger charge is 2.37. The van der Waals surface area contributed by atoms with Crippen LogP contribution in [0, 0.1) is 0 Å². The predicted octanol–water partition coefficient (Wildman–Crippen LogP) is 0.492. The second-order valence-electron chi connectivity index (χ2n) is 7.16. The summed E-state index contributed by atoms with van der Waals surface area (Å²) in [4.78, 5) is 24.4. The zero-order chi connectivity index (χ0) is 24.7. The lowest BCUT2D eigenvalue weighted by Gasteiger charge is -2.23. The maximum atomic E-state index is 13.2. The van der Waals surface area contributed by atoms with Gasteiger partial charge in [-0.25, -0.2) is 8.42 Å². The van der Waals surface area contributed by atoms with Crippen LogP contribution in [-0.4, -0.2) is 71.8 Å². The van der Waals surface area contributed by atoms with Crippen LogP contribution in [0.5, 0.6) is 17.2 Å². The normalized spacial score (nSPS) is 16.0. The second-order valence-corrected chi connectivity index (χ2v) is 9.05. The largest absolute Gasteiger partial charge is 0.496 e. The Morgan fingerprint density at radius 3 is 2.35 bits per heavy atom. The van der Waals surface area contributed by atoms with Crippen molar-refractivity contribution < 1.29 is 37.0 Å². The zero-order valence-electron chi connectivity index (χ0n) is 19.1. The Morgan fingerprint density at radius 2 is 1.65 bits per heavy atom. The Hall–Kier alpha value is -3.35. The molecule has 184 valence electrons. The molecule has 1 aliphatic heterocycles. The molecular formula is C22H27N3O8S. The Labute approximate surface area is 198 Å². The number of ether oxygens (including phenoxy) is 4. The van der Waals surface area contributed by atoms with Crippen LogP contribution in [0.4, 0.5) is 0 Å². The van der Waals surface area contributed by atoms with E-state index >= 15 is 0 Å². The van der Waals surface area contributed by atoms with Crippen LogP contribution in [0.1, 0.15) is 5.56 Å². The van der Waals surface area contributed by atoms with Crippen molar-refractivity contribution in [2.24, 2.45) is 0 Å². The number of carbonyl (C=O) groups excluding carboxylic acids is 2. The van der Waals surface area contributed by atoms with Gasteiger partial charge in [0.1, 0.15) is 12.0 Å². The smallest absolute Gasteiger partial charge is 0.309 e. The van der Waals surface area contributed by atoms with Gasteiger partial charge in [-0.1, -0.05) is 18.2 Å². The summed E-state index contributed by atoms with van der Waals surface area (Å²) in [7, 11) is 0.407. The van der Waals surface area contributed by atoms with E-state index in [1.165, 1.54) is 39.5 Å². The molecule has 2 aromatic rings. The molecule has 0 aromatic heterocycles. The molecule has 1 heterocycles. The molecule has 1 unspecified atom stereocenters. The Kier molecular flexibility index (Phi) is 8.31. The number of nitrogens with zero attached hydrogens (tertiary/aromatic N) is 1. The fraction of sp³-hybridized carbons (Fsp3) is 0.364. The molecule has 0 saturated carbocycles. The standard InChI is InChI=1S/C22H27N3O8S/c1-30-17-7-5-4-6-15(17)13-23-21(26)22(27)24-14-20-25(10-11-33-20)34(28,29)16-8-9-18(31-2)19(12-16)32-3/h4-9,12,20H,10-11,13-14H2,1-3H3,(H,23,26)(H,24,27). The first-order valence-corrected chi connectivity index (χ1v) is 11.8. The number of nitrogens with one attached hydrogen (secondary N) is 2. The lowest BCUT2D eigenvalue weighted by atomic mass is 10.2. The lowest BCUT2D eigenvalue weighted by Crippen LogP contribution is -2.47. The van der Waals surface area contributed by atoms with Gasteiger partial charge in [-0.2, -0.15) is 4.31 Å². The molecule has 1 aliphatic rings. The molecule has 0 bridgehead atoms. The van der Waals surface area contributed by atoms with Gasteiger partial charge in [-0.05, 0) is 18.2 Å². The molecule has 0 aliphatic carbocycles. The fourth-order valence-electron chi connectivity index (χ4n) is 3.42. The third-order valence-corrected chi connectivity index (χ3v) is 7.06. The second kappa shape index (κ2) is 11.2. The van der Waals surface area contributed by atoms with Crippen LogP contribution in [0.15, 0.2) is 47.4 Å². The van der Waals surface area contributed by atoms with Crippen LogP contribution >= 0.6 is 0 Å². The van der Waals surface area contributed by atoms with E-state index in [9.17, 15) is 18.0 Å². The highest BCUT2D eigenvalue weighted by atomic mass is 32.2. The fourth-order valence-corrected chi connectivity index (χ4v) is 4.95. The number of benzene rings is 2. The number of para-hydroxylation sites is 1. The van der Waals surface area contributed by atoms with E-state index in [1.54, 1.807) is 24.3 Å². The van der Waals surface area contributed by atoms with E-state index in [1.807, 2.05) is 0 Å². The molecule has 1 fully saturated rings. The molecule has 34 heavy (non-hydrogen) atoms. The first-order chi connectivity index (χ1) is 16.3. The van der Waals surface area contributed by atoms with Crippen molar-refractivity contribution in [2.75, 3.05) is 41.0 Å². The van der Waals surface area contributed by atoms with Crippen molar-refractivity contribution in [2.45, 2.75) is 17.7 Å². The minimum absolute atomic E-state index is 0.0125. The first kappa shape index (κ1) is 25.3. The summed E-state index contributed by atoms with van der Waals surface area (Å²) in [6.45, 7) is 0.133. The maximum Gasteiger partial charge on any atom is 0.309 e. The number of methoxy groups -OCH3 is 3. The van der Waals surface area contributed by atoms with Crippen molar-refractivity contribution in [3.8, 4) is 17.2 Å². The topological polar surface area (TPSA) is 132 Å². The van der Waals surface area contributed by atoms with Gasteiger partial charge in [0.25, 0.3) is 0 Å². The zero-order valence-corrected chi connectivity index (χ0v) is 19.9. The Bertz CT molecular complexity index is 1140. The summed E-state index contributed by atoms with van der Waals surface area (Å²) >= 11 is 0. The quantitative estimate of drug-likeness (QED) is 0.483.